The van der Waals surface area contributed by atoms with Crippen LogP contribution >= 0.6 is 0 Å². The van der Waals surface area contributed by atoms with Crippen molar-refractivity contribution >= 4 is 0 Å². The van der Waals surface area contributed by atoms with E-state index in [2.05, 4.69) is 5.32 Å². The Morgan fingerprint density at radius 1 is 1.50 bits per heavy atom. The standard InChI is InChI=1S/C10H15FN2O/c1-14-9-4-2-3-8(10(9)11)7-13-6-5-12/h2-4,13H,5-7,12H2,1H3. The van der Waals surface area contributed by atoms with Gasteiger partial charge in [0.1, 0.15) is 0 Å². The number of benzene rings is 1. The second kappa shape index (κ2) is 5.57. The van der Waals surface area contributed by atoms with Gasteiger partial charge in [0.15, 0.2) is 11.6 Å². The smallest absolute Gasteiger partial charge is 0.169 e. The first-order chi connectivity index (χ1) is 6.79. The van der Waals surface area contributed by atoms with E-state index in [1.165, 1.54) is 7.11 Å². The van der Waals surface area contributed by atoms with Crippen LogP contribution < -0.4 is 15.8 Å². The molecule has 3 N–H and O–H groups in total. The van der Waals surface area contributed by atoms with Crippen LogP contribution in [0.25, 0.3) is 0 Å². The zero-order chi connectivity index (χ0) is 10.4. The Morgan fingerprint density at radius 3 is 2.93 bits per heavy atom. The molecule has 0 amide bonds. The molecule has 0 saturated carbocycles. The highest BCUT2D eigenvalue weighted by Gasteiger charge is 2.06. The lowest BCUT2D eigenvalue weighted by molar-refractivity contribution is 0.383. The van der Waals surface area contributed by atoms with Gasteiger partial charge in [-0.15, -0.1) is 0 Å². The molecule has 0 aliphatic heterocycles. The van der Waals surface area contributed by atoms with E-state index in [1.807, 2.05) is 0 Å². The summed E-state index contributed by atoms with van der Waals surface area (Å²) in [6.07, 6.45) is 0. The molecule has 0 spiro atoms. The summed E-state index contributed by atoms with van der Waals surface area (Å²) >= 11 is 0. The lowest BCUT2D eigenvalue weighted by Gasteiger charge is -2.07. The molecule has 1 aromatic rings. The van der Waals surface area contributed by atoms with Gasteiger partial charge < -0.3 is 15.8 Å². The third-order valence-electron chi connectivity index (χ3n) is 1.90. The van der Waals surface area contributed by atoms with Gasteiger partial charge in [0, 0.05) is 25.2 Å². The molecule has 0 aromatic heterocycles. The third-order valence-corrected chi connectivity index (χ3v) is 1.90. The molecule has 0 aliphatic carbocycles. The van der Waals surface area contributed by atoms with Crippen molar-refractivity contribution in [3.63, 3.8) is 0 Å². The molecule has 0 bridgehead atoms. The maximum atomic E-state index is 13.5. The van der Waals surface area contributed by atoms with E-state index >= 15 is 0 Å². The summed E-state index contributed by atoms with van der Waals surface area (Å²) in [7, 11) is 1.45. The number of methoxy groups -OCH3 is 1. The molecule has 0 aliphatic rings. The minimum atomic E-state index is -0.306. The second-order valence-corrected chi connectivity index (χ2v) is 2.90. The average molecular weight is 198 g/mol. The van der Waals surface area contributed by atoms with E-state index in [9.17, 15) is 4.39 Å². The van der Waals surface area contributed by atoms with Crippen LogP contribution in [0.4, 0.5) is 4.39 Å². The van der Waals surface area contributed by atoms with Crippen LogP contribution in [0.2, 0.25) is 0 Å². The first kappa shape index (κ1) is 10.9. The Bertz CT molecular complexity index is 291. The molecule has 14 heavy (non-hydrogen) atoms. The normalized spacial score (nSPS) is 10.2. The van der Waals surface area contributed by atoms with Crippen LogP contribution in [0.5, 0.6) is 5.75 Å². The molecule has 4 heteroatoms. The van der Waals surface area contributed by atoms with Crippen LogP contribution in [0.15, 0.2) is 18.2 Å². The van der Waals surface area contributed by atoms with E-state index < -0.39 is 0 Å². The van der Waals surface area contributed by atoms with E-state index in [1.54, 1.807) is 18.2 Å². The number of rotatable bonds is 5. The molecule has 0 unspecified atom stereocenters. The van der Waals surface area contributed by atoms with Crippen molar-refractivity contribution < 1.29 is 9.13 Å². The molecule has 0 heterocycles. The van der Waals surface area contributed by atoms with E-state index in [-0.39, 0.29) is 11.6 Å². The molecule has 78 valence electrons. The maximum absolute atomic E-state index is 13.5. The topological polar surface area (TPSA) is 47.3 Å². The molecule has 0 radical (unpaired) electrons. The summed E-state index contributed by atoms with van der Waals surface area (Å²) in [6.45, 7) is 1.70. The highest BCUT2D eigenvalue weighted by molar-refractivity contribution is 5.30. The molecule has 0 fully saturated rings. The van der Waals surface area contributed by atoms with Gasteiger partial charge in [-0.2, -0.15) is 0 Å². The van der Waals surface area contributed by atoms with Gasteiger partial charge in [-0.1, -0.05) is 12.1 Å². The molecular formula is C10H15FN2O. The average Bonchev–Trinajstić information content (AvgIpc) is 2.21. The van der Waals surface area contributed by atoms with Crippen LogP contribution in [0.1, 0.15) is 5.56 Å². The van der Waals surface area contributed by atoms with Gasteiger partial charge >= 0.3 is 0 Å². The van der Waals surface area contributed by atoms with Crippen molar-refractivity contribution in [1.82, 2.24) is 5.32 Å². The first-order valence-electron chi connectivity index (χ1n) is 4.51. The van der Waals surface area contributed by atoms with Crippen molar-refractivity contribution in [1.29, 1.82) is 0 Å². The fourth-order valence-electron chi connectivity index (χ4n) is 1.18. The number of halogens is 1. The van der Waals surface area contributed by atoms with Crippen molar-refractivity contribution in [2.75, 3.05) is 20.2 Å². The number of nitrogens with two attached hydrogens (primary N) is 1. The molecule has 1 aromatic carbocycles. The van der Waals surface area contributed by atoms with Gasteiger partial charge in [0.2, 0.25) is 0 Å². The van der Waals surface area contributed by atoms with Gasteiger partial charge in [0.05, 0.1) is 7.11 Å². The van der Waals surface area contributed by atoms with Crippen molar-refractivity contribution in [2.24, 2.45) is 5.73 Å². The summed E-state index contributed by atoms with van der Waals surface area (Å²) in [4.78, 5) is 0. The lowest BCUT2D eigenvalue weighted by atomic mass is 10.2. The van der Waals surface area contributed by atoms with E-state index in [0.29, 0.717) is 25.2 Å². The molecule has 0 saturated heterocycles. The number of hydrogen-bond donors (Lipinski definition) is 2. The minimum Gasteiger partial charge on any atom is -0.494 e. The summed E-state index contributed by atoms with van der Waals surface area (Å²) < 4.78 is 18.4. The van der Waals surface area contributed by atoms with Crippen LogP contribution in [0.3, 0.4) is 0 Å². The van der Waals surface area contributed by atoms with Gasteiger partial charge in [-0.3, -0.25) is 0 Å². The molecule has 0 atom stereocenters. The Morgan fingerprint density at radius 2 is 2.29 bits per heavy atom. The van der Waals surface area contributed by atoms with Crippen molar-refractivity contribution in [3.05, 3.63) is 29.6 Å². The van der Waals surface area contributed by atoms with Crippen molar-refractivity contribution in [2.45, 2.75) is 6.54 Å². The zero-order valence-electron chi connectivity index (χ0n) is 8.22. The monoisotopic (exact) mass is 198 g/mol. The van der Waals surface area contributed by atoms with Gasteiger partial charge in [-0.05, 0) is 6.07 Å². The summed E-state index contributed by atoms with van der Waals surface area (Å²) in [6, 6.07) is 5.09. The number of hydrogen-bond acceptors (Lipinski definition) is 3. The summed E-state index contributed by atoms with van der Waals surface area (Å²) in [5.74, 6) is -0.0310. The third kappa shape index (κ3) is 2.68. The SMILES string of the molecule is COc1cccc(CNCCN)c1F. The summed E-state index contributed by atoms with van der Waals surface area (Å²) in [5.41, 5.74) is 5.90. The molecule has 1 rings (SSSR count). The van der Waals surface area contributed by atoms with E-state index in [0.717, 1.165) is 0 Å². The molecular weight excluding hydrogens is 183 g/mol. The number of ether oxygens (including phenoxy) is 1. The second-order valence-electron chi connectivity index (χ2n) is 2.90. The highest BCUT2D eigenvalue weighted by atomic mass is 19.1. The maximum Gasteiger partial charge on any atom is 0.169 e. The largest absolute Gasteiger partial charge is 0.494 e. The van der Waals surface area contributed by atoms with Gasteiger partial charge in [-0.25, -0.2) is 4.39 Å². The van der Waals surface area contributed by atoms with Crippen molar-refractivity contribution in [3.8, 4) is 5.75 Å². The number of nitrogens with one attached hydrogen (secondary N) is 1. The zero-order valence-corrected chi connectivity index (χ0v) is 8.22. The highest BCUT2D eigenvalue weighted by Crippen LogP contribution is 2.19. The Kier molecular flexibility index (Phi) is 4.35. The first-order valence-corrected chi connectivity index (χ1v) is 4.51. The summed E-state index contributed by atoms with van der Waals surface area (Å²) in [5, 5.41) is 3.02. The van der Waals surface area contributed by atoms with E-state index in [4.69, 9.17) is 10.5 Å². The van der Waals surface area contributed by atoms with Crippen LogP contribution in [-0.2, 0) is 6.54 Å². The lowest BCUT2D eigenvalue weighted by Crippen LogP contribution is -2.22. The van der Waals surface area contributed by atoms with Gasteiger partial charge in [0.25, 0.3) is 0 Å². The Labute approximate surface area is 83.1 Å². The predicted molar refractivity (Wildman–Crippen MR) is 53.7 cm³/mol. The Hall–Kier alpha value is -1.13. The Balaban J connectivity index is 2.66. The van der Waals surface area contributed by atoms with Crippen LogP contribution in [0, 0.1) is 5.82 Å². The fourth-order valence-corrected chi connectivity index (χ4v) is 1.18. The predicted octanol–water partition coefficient (Wildman–Crippen LogP) is 0.883. The quantitative estimate of drug-likeness (QED) is 0.690. The molecule has 3 nitrogen and oxygen atoms in total. The minimum absolute atomic E-state index is 0.275. The van der Waals surface area contributed by atoms with Crippen LogP contribution in [-0.4, -0.2) is 20.2 Å². The fraction of sp³-hybridized carbons (Fsp3) is 0.400.